The molecule has 18 heavy (non-hydrogen) atoms. The molecule has 3 heteroatoms. The first kappa shape index (κ1) is 12.8. The maximum Gasteiger partial charge on any atom is 0.194 e. The lowest BCUT2D eigenvalue weighted by atomic mass is 10.0. The molecule has 0 aromatic heterocycles. The minimum absolute atomic E-state index is 0.00762. The van der Waals surface area contributed by atoms with Gasteiger partial charge in [-0.25, -0.2) is 0 Å². The molecule has 2 aromatic rings. The lowest BCUT2D eigenvalue weighted by molar-refractivity contribution is 0.103. The summed E-state index contributed by atoms with van der Waals surface area (Å²) in [4.78, 5) is 12.3. The second kappa shape index (κ2) is 5.36. The monoisotopic (exact) mass is 304 g/mol. The van der Waals surface area contributed by atoms with Crippen molar-refractivity contribution in [2.24, 2.45) is 0 Å². The molecule has 0 atom stereocenters. The zero-order valence-electron chi connectivity index (χ0n) is 10.2. The van der Waals surface area contributed by atoms with Crippen molar-refractivity contribution in [1.29, 1.82) is 0 Å². The molecule has 0 saturated heterocycles. The number of ether oxygens (including phenoxy) is 1. The summed E-state index contributed by atoms with van der Waals surface area (Å²) in [5.41, 5.74) is 2.41. The molecule has 92 valence electrons. The smallest absolute Gasteiger partial charge is 0.194 e. The summed E-state index contributed by atoms with van der Waals surface area (Å²) in [5, 5.41) is 0. The van der Waals surface area contributed by atoms with Crippen LogP contribution in [0.1, 0.15) is 21.5 Å². The highest BCUT2D eigenvalue weighted by Gasteiger charge is 2.13. The molecule has 2 nitrogen and oxygen atoms in total. The van der Waals surface area contributed by atoms with Gasteiger partial charge in [-0.1, -0.05) is 23.8 Å². The quantitative estimate of drug-likeness (QED) is 0.801. The average Bonchev–Trinajstić information content (AvgIpc) is 2.37. The number of aryl methyl sites for hydroxylation is 1. The molecule has 2 aromatic carbocycles. The Morgan fingerprint density at radius 2 is 1.94 bits per heavy atom. The van der Waals surface area contributed by atoms with Crippen molar-refractivity contribution in [2.75, 3.05) is 7.11 Å². The Bertz CT molecular complexity index is 591. The third-order valence-electron chi connectivity index (χ3n) is 2.70. The van der Waals surface area contributed by atoms with E-state index in [9.17, 15) is 4.79 Å². The van der Waals surface area contributed by atoms with E-state index in [4.69, 9.17) is 4.74 Å². The Kier molecular flexibility index (Phi) is 3.82. The highest BCUT2D eigenvalue weighted by Crippen LogP contribution is 2.25. The number of hydrogen-bond acceptors (Lipinski definition) is 2. The number of ketones is 1. The highest BCUT2D eigenvalue weighted by atomic mass is 79.9. The van der Waals surface area contributed by atoms with E-state index in [-0.39, 0.29) is 5.78 Å². The van der Waals surface area contributed by atoms with Gasteiger partial charge in [-0.2, -0.15) is 0 Å². The summed E-state index contributed by atoms with van der Waals surface area (Å²) in [6.07, 6.45) is 0. The molecule has 0 saturated carbocycles. The van der Waals surface area contributed by atoms with Crippen LogP contribution in [0.5, 0.6) is 5.75 Å². The largest absolute Gasteiger partial charge is 0.497 e. The third-order valence-corrected chi connectivity index (χ3v) is 3.36. The fraction of sp³-hybridized carbons (Fsp3) is 0.133. The summed E-state index contributed by atoms with van der Waals surface area (Å²) in [5.74, 6) is 0.732. The lowest BCUT2D eigenvalue weighted by Crippen LogP contribution is -2.02. The van der Waals surface area contributed by atoms with E-state index in [1.54, 1.807) is 25.3 Å². The number of halogens is 1. The van der Waals surface area contributed by atoms with Gasteiger partial charge in [0.2, 0.25) is 0 Å². The number of methoxy groups -OCH3 is 1. The van der Waals surface area contributed by atoms with E-state index in [2.05, 4.69) is 15.9 Å². The topological polar surface area (TPSA) is 26.3 Å². The SMILES string of the molecule is COc1ccc(C(=O)c2cccc(C)c2)c(Br)c1. The van der Waals surface area contributed by atoms with E-state index in [0.717, 1.165) is 15.8 Å². The van der Waals surface area contributed by atoms with Gasteiger partial charge in [0, 0.05) is 15.6 Å². The molecule has 0 aliphatic heterocycles. The fourth-order valence-corrected chi connectivity index (χ4v) is 2.29. The van der Waals surface area contributed by atoms with Crippen LogP contribution in [0.25, 0.3) is 0 Å². The van der Waals surface area contributed by atoms with Crippen LogP contribution in [0.15, 0.2) is 46.9 Å². The Hall–Kier alpha value is -1.61. The number of benzene rings is 2. The molecule has 0 amide bonds. The Morgan fingerprint density at radius 3 is 2.56 bits per heavy atom. The maximum atomic E-state index is 12.3. The Morgan fingerprint density at radius 1 is 1.17 bits per heavy atom. The lowest BCUT2D eigenvalue weighted by Gasteiger charge is -2.06. The fourth-order valence-electron chi connectivity index (χ4n) is 1.75. The van der Waals surface area contributed by atoms with Gasteiger partial charge in [-0.05, 0) is 47.1 Å². The minimum Gasteiger partial charge on any atom is -0.497 e. The summed E-state index contributed by atoms with van der Waals surface area (Å²) in [7, 11) is 1.60. The number of hydrogen-bond donors (Lipinski definition) is 0. The van der Waals surface area contributed by atoms with Gasteiger partial charge in [0.25, 0.3) is 0 Å². The third kappa shape index (κ3) is 2.62. The van der Waals surface area contributed by atoms with Crippen LogP contribution in [0.4, 0.5) is 0 Å². The van der Waals surface area contributed by atoms with Gasteiger partial charge in [0.05, 0.1) is 7.11 Å². The van der Waals surface area contributed by atoms with Gasteiger partial charge >= 0.3 is 0 Å². The minimum atomic E-state index is 0.00762. The Labute approximate surface area is 115 Å². The van der Waals surface area contributed by atoms with Crippen LogP contribution in [-0.2, 0) is 0 Å². The van der Waals surface area contributed by atoms with Crippen molar-refractivity contribution in [2.45, 2.75) is 6.92 Å². The first-order valence-electron chi connectivity index (χ1n) is 5.56. The zero-order valence-corrected chi connectivity index (χ0v) is 11.8. The van der Waals surface area contributed by atoms with Crippen LogP contribution < -0.4 is 4.74 Å². The van der Waals surface area contributed by atoms with E-state index in [0.29, 0.717) is 11.1 Å². The van der Waals surface area contributed by atoms with Crippen LogP contribution in [0, 0.1) is 6.92 Å². The first-order valence-corrected chi connectivity index (χ1v) is 6.36. The van der Waals surface area contributed by atoms with E-state index < -0.39 is 0 Å². The molecule has 0 fully saturated rings. The van der Waals surface area contributed by atoms with Crippen LogP contribution >= 0.6 is 15.9 Å². The number of carbonyl (C=O) groups is 1. The summed E-state index contributed by atoms with van der Waals surface area (Å²) in [6, 6.07) is 12.9. The molecule has 0 N–H and O–H groups in total. The second-order valence-electron chi connectivity index (χ2n) is 4.04. The van der Waals surface area contributed by atoms with Crippen LogP contribution in [0.2, 0.25) is 0 Å². The molecule has 0 radical (unpaired) electrons. The van der Waals surface area contributed by atoms with Crippen molar-refractivity contribution in [1.82, 2.24) is 0 Å². The standard InChI is InChI=1S/C15H13BrO2/c1-10-4-3-5-11(8-10)15(17)13-7-6-12(18-2)9-14(13)16/h3-9H,1-2H3. The average molecular weight is 305 g/mol. The number of rotatable bonds is 3. The summed E-state index contributed by atoms with van der Waals surface area (Å²) in [6.45, 7) is 1.97. The molecule has 0 aliphatic rings. The molecule has 0 bridgehead atoms. The summed E-state index contributed by atoms with van der Waals surface area (Å²) < 4.78 is 5.86. The molecular formula is C15H13BrO2. The first-order chi connectivity index (χ1) is 8.61. The molecule has 0 heterocycles. The van der Waals surface area contributed by atoms with Crippen molar-refractivity contribution >= 4 is 21.7 Å². The van der Waals surface area contributed by atoms with Crippen LogP contribution in [0.3, 0.4) is 0 Å². The number of carbonyl (C=O) groups excluding carboxylic acids is 1. The molecular weight excluding hydrogens is 292 g/mol. The van der Waals surface area contributed by atoms with E-state index in [1.165, 1.54) is 0 Å². The molecule has 0 spiro atoms. The van der Waals surface area contributed by atoms with Gasteiger partial charge in [-0.15, -0.1) is 0 Å². The predicted octanol–water partition coefficient (Wildman–Crippen LogP) is 4.00. The predicted molar refractivity (Wildman–Crippen MR) is 75.3 cm³/mol. The summed E-state index contributed by atoms with van der Waals surface area (Å²) >= 11 is 3.40. The normalized spacial score (nSPS) is 10.2. The van der Waals surface area contributed by atoms with Gasteiger partial charge < -0.3 is 4.74 Å². The van der Waals surface area contributed by atoms with Crippen LogP contribution in [-0.4, -0.2) is 12.9 Å². The highest BCUT2D eigenvalue weighted by molar-refractivity contribution is 9.10. The zero-order chi connectivity index (χ0) is 13.1. The van der Waals surface area contributed by atoms with Gasteiger partial charge in [-0.3, -0.25) is 4.79 Å². The van der Waals surface area contributed by atoms with Crippen molar-refractivity contribution in [3.63, 3.8) is 0 Å². The second-order valence-corrected chi connectivity index (χ2v) is 4.90. The molecule has 2 rings (SSSR count). The Balaban J connectivity index is 2.40. The molecule has 0 unspecified atom stereocenters. The van der Waals surface area contributed by atoms with Crippen molar-refractivity contribution in [3.05, 3.63) is 63.6 Å². The van der Waals surface area contributed by atoms with Gasteiger partial charge in [0.15, 0.2) is 5.78 Å². The van der Waals surface area contributed by atoms with Gasteiger partial charge in [0.1, 0.15) is 5.75 Å². The van der Waals surface area contributed by atoms with Crippen molar-refractivity contribution in [3.8, 4) is 5.75 Å². The van der Waals surface area contributed by atoms with E-state index >= 15 is 0 Å². The van der Waals surface area contributed by atoms with E-state index in [1.807, 2.05) is 31.2 Å². The molecule has 0 aliphatic carbocycles. The van der Waals surface area contributed by atoms with Crippen molar-refractivity contribution < 1.29 is 9.53 Å². The maximum absolute atomic E-state index is 12.3.